The Hall–Kier alpha value is -3.08. The normalized spacial score (nSPS) is 10.5. The summed E-state index contributed by atoms with van der Waals surface area (Å²) in [6, 6.07) is 22.6. The fraction of sp³-hybridized carbons (Fsp3) is 0.333. The Kier molecular flexibility index (Phi) is 22.6. The van der Waals surface area contributed by atoms with Gasteiger partial charge in [0.1, 0.15) is 17.5 Å². The smallest absolute Gasteiger partial charge is 0.428 e. The zero-order chi connectivity index (χ0) is 36.8. The second-order valence-electron chi connectivity index (χ2n) is 11.8. The molecule has 11 nitrogen and oxygen atoms in total. The lowest BCUT2D eigenvalue weighted by atomic mass is 9.73. The van der Waals surface area contributed by atoms with E-state index >= 15 is 0 Å². The highest BCUT2D eigenvalue weighted by Crippen LogP contribution is 2.11. The zero-order valence-electron chi connectivity index (χ0n) is 28.2. The molecule has 0 unspecified atom stereocenters. The molecule has 3 rings (SSSR count). The molecule has 0 bridgehead atoms. The Bertz CT molecular complexity index is 1380. The lowest BCUT2D eigenvalue weighted by Gasteiger charge is -2.19. The number of carbonyl (C=O) groups excluding carboxylic acids is 3. The van der Waals surface area contributed by atoms with E-state index in [1.165, 1.54) is 0 Å². The van der Waals surface area contributed by atoms with E-state index in [9.17, 15) is 14.4 Å². The van der Waals surface area contributed by atoms with Gasteiger partial charge >= 0.3 is 12.2 Å². The maximum atomic E-state index is 11.3. The molecule has 48 heavy (non-hydrogen) atoms. The summed E-state index contributed by atoms with van der Waals surface area (Å²) in [4.78, 5) is 32.7. The third-order valence-corrected chi connectivity index (χ3v) is 6.37. The van der Waals surface area contributed by atoms with E-state index in [2.05, 4.69) is 69.2 Å². The second kappa shape index (κ2) is 24.1. The third-order valence-electron chi connectivity index (χ3n) is 4.78. The fourth-order valence-corrected chi connectivity index (χ4v) is 3.47. The van der Waals surface area contributed by atoms with Crippen molar-refractivity contribution in [2.24, 2.45) is 10.8 Å². The Morgan fingerprint density at radius 3 is 1.58 bits per heavy atom. The van der Waals surface area contributed by atoms with Crippen LogP contribution in [-0.4, -0.2) is 54.3 Å². The van der Waals surface area contributed by atoms with Gasteiger partial charge in [0.25, 0.3) is 6.92 Å². The highest BCUT2D eigenvalue weighted by Gasteiger charge is 2.16. The molecule has 0 spiro atoms. The van der Waals surface area contributed by atoms with Crippen molar-refractivity contribution in [2.45, 2.75) is 66.1 Å². The van der Waals surface area contributed by atoms with Gasteiger partial charge in [-0.3, -0.25) is 10.2 Å². The molecule has 0 aliphatic heterocycles. The molecule has 0 radical (unpaired) electrons. The number of amides is 2. The van der Waals surface area contributed by atoms with Crippen LogP contribution >= 0.6 is 47.8 Å². The molecule has 0 aromatic heterocycles. The van der Waals surface area contributed by atoms with Gasteiger partial charge in [-0.25, -0.2) is 20.4 Å². The van der Waals surface area contributed by atoms with Gasteiger partial charge in [-0.15, -0.1) is 0 Å². The number of hydrazone groups is 1. The number of carbonyl (C=O) groups is 3. The van der Waals surface area contributed by atoms with Gasteiger partial charge in [-0.1, -0.05) is 91.0 Å². The molecular weight excluding hydrogens is 813 g/mol. The van der Waals surface area contributed by atoms with Crippen molar-refractivity contribution < 1.29 is 28.9 Å². The van der Waals surface area contributed by atoms with Gasteiger partial charge in [0.05, 0.1) is 6.21 Å². The van der Waals surface area contributed by atoms with E-state index in [0.717, 1.165) is 30.8 Å². The fourth-order valence-electron chi connectivity index (χ4n) is 2.67. The van der Waals surface area contributed by atoms with E-state index in [0.29, 0.717) is 18.6 Å². The van der Waals surface area contributed by atoms with E-state index in [1.807, 2.05) is 81.4 Å². The monoisotopic (exact) mass is 855 g/mol. The molecule has 0 saturated carbocycles. The van der Waals surface area contributed by atoms with Crippen molar-refractivity contribution in [3.63, 3.8) is 0 Å². The largest absolute Gasteiger partial charge is 0.449 e. The average molecular weight is 858 g/mol. The first-order valence-corrected chi connectivity index (χ1v) is 17.0. The van der Waals surface area contributed by atoms with Crippen LogP contribution in [0.25, 0.3) is 0 Å². The van der Waals surface area contributed by atoms with Gasteiger partial charge in [-0.05, 0) is 95.5 Å². The minimum atomic E-state index is -0.564. The predicted octanol–water partition coefficient (Wildman–Crippen LogP) is 7.65. The quantitative estimate of drug-likeness (QED) is 0.0701. The van der Waals surface area contributed by atoms with Gasteiger partial charge < -0.3 is 20.2 Å². The number of rotatable bonds is 7. The van der Waals surface area contributed by atoms with Gasteiger partial charge in [-0.2, -0.15) is 5.10 Å². The lowest BCUT2D eigenvalue weighted by molar-refractivity contribution is 0.0493. The number of halogens is 3. The molecule has 0 aliphatic carbocycles. The molecule has 2 amide bonds. The van der Waals surface area contributed by atoms with Crippen LogP contribution in [0.1, 0.15) is 63.0 Å². The highest BCUT2D eigenvalue weighted by atomic mass is 79.9. The zero-order valence-corrected chi connectivity index (χ0v) is 33.0. The van der Waals surface area contributed by atoms with Crippen molar-refractivity contribution in [3.05, 3.63) is 103 Å². The van der Waals surface area contributed by atoms with Crippen molar-refractivity contribution >= 4 is 79.4 Å². The summed E-state index contributed by atoms with van der Waals surface area (Å²) in [6.07, 6.45) is 1.70. The number of aldehydes is 1. The number of hydrogen-bond donors (Lipinski definition) is 5. The summed E-state index contributed by atoms with van der Waals surface area (Å²) in [6.45, 7) is 12.7. The Labute approximate surface area is 309 Å². The van der Waals surface area contributed by atoms with Crippen LogP contribution in [0.4, 0.5) is 9.59 Å². The number of hydrogen-bond acceptors (Lipinski definition) is 9. The van der Waals surface area contributed by atoms with Crippen LogP contribution in [0.3, 0.4) is 0 Å². The molecule has 0 saturated heterocycles. The van der Waals surface area contributed by atoms with E-state index in [4.69, 9.17) is 20.2 Å². The van der Waals surface area contributed by atoms with Crippen LogP contribution in [0.5, 0.6) is 0 Å². The van der Waals surface area contributed by atoms with Crippen LogP contribution in [0.15, 0.2) is 91.3 Å². The molecule has 6 N–H and O–H groups in total. The molecule has 262 valence electrons. The first-order chi connectivity index (χ1) is 22.3. The second-order valence-corrected chi connectivity index (χ2v) is 14.5. The van der Waals surface area contributed by atoms with Crippen LogP contribution in [0.2, 0.25) is 6.82 Å². The molecule has 3 aromatic carbocycles. The maximum absolute atomic E-state index is 11.3. The van der Waals surface area contributed by atoms with Crippen LogP contribution in [-0.2, 0) is 16.0 Å². The highest BCUT2D eigenvalue weighted by molar-refractivity contribution is 9.11. The molecule has 0 atom stereocenters. The summed E-state index contributed by atoms with van der Waals surface area (Å²) in [5.74, 6) is 0. The van der Waals surface area contributed by atoms with E-state index < -0.39 is 23.4 Å². The van der Waals surface area contributed by atoms with Crippen LogP contribution < -0.4 is 22.0 Å². The van der Waals surface area contributed by atoms with Crippen molar-refractivity contribution in [1.82, 2.24) is 16.3 Å². The average Bonchev–Trinajstić information content (AvgIpc) is 2.99. The molecule has 0 heterocycles. The topological polar surface area (TPSA) is 164 Å². The minimum Gasteiger partial charge on any atom is -0.449 e. The number of nitrogens with one attached hydrogen (secondary N) is 3. The number of benzene rings is 3. The number of ether oxygens (including phenoxy) is 2. The SMILES string of the molecule is CB(O)CN.CC(C)(C)OC(=O)N/N=C\c1ccc(Br)cc1.CC(C)(C)OC(=O)NNCc1ccc(Br)cc1.O=Cc1ccc(Br)cc1. The first-order valence-electron chi connectivity index (χ1n) is 14.7. The Morgan fingerprint density at radius 2 is 1.19 bits per heavy atom. The van der Waals surface area contributed by atoms with Crippen molar-refractivity contribution in [1.29, 1.82) is 0 Å². The Balaban J connectivity index is 0.000000668. The molecular formula is C33H45BBr3N5O6. The number of nitrogens with zero attached hydrogens (tertiary/aromatic N) is 1. The van der Waals surface area contributed by atoms with Crippen LogP contribution in [0, 0.1) is 0 Å². The summed E-state index contributed by atoms with van der Waals surface area (Å²) in [5.41, 5.74) is 14.2. The summed E-state index contributed by atoms with van der Waals surface area (Å²) >= 11 is 9.95. The maximum Gasteiger partial charge on any atom is 0.428 e. The van der Waals surface area contributed by atoms with Crippen molar-refractivity contribution in [3.8, 4) is 0 Å². The standard InChI is InChI=1S/C12H17BrN2O2.C12H15BrN2O2.C7H5BrO.C2H8BNO/c2*1-12(2,3)17-11(16)15-14-8-9-4-6-10(13)7-5-9;8-7-3-1-6(5-9)2-4-7;1-3(5)2-4/h4-7,14H,8H2,1-3H3,(H,15,16);4-8H,1-3H3,(H,15,16);1-5H;5H,2,4H2,1H3/b;14-8-;;. The van der Waals surface area contributed by atoms with Gasteiger partial charge in [0.15, 0.2) is 0 Å². The van der Waals surface area contributed by atoms with Gasteiger partial charge in [0.2, 0.25) is 0 Å². The molecule has 0 aliphatic rings. The first kappa shape index (κ1) is 44.9. The van der Waals surface area contributed by atoms with Crippen molar-refractivity contribution in [2.75, 3.05) is 6.44 Å². The lowest BCUT2D eigenvalue weighted by Crippen LogP contribution is -2.40. The summed E-state index contributed by atoms with van der Waals surface area (Å²) in [5, 5.41) is 12.0. The van der Waals surface area contributed by atoms with Gasteiger partial charge in [0, 0.05) is 25.5 Å². The minimum absolute atomic E-state index is 0.338. The summed E-state index contributed by atoms with van der Waals surface area (Å²) in [7, 11) is 0. The predicted molar refractivity (Wildman–Crippen MR) is 204 cm³/mol. The van der Waals surface area contributed by atoms with E-state index in [1.54, 1.807) is 45.9 Å². The number of hydrazine groups is 1. The summed E-state index contributed by atoms with van der Waals surface area (Å²) < 4.78 is 13.1. The molecule has 3 aromatic rings. The third kappa shape index (κ3) is 26.9. The van der Waals surface area contributed by atoms with E-state index in [-0.39, 0.29) is 6.92 Å². The Morgan fingerprint density at radius 1 is 0.792 bits per heavy atom. The number of nitrogens with two attached hydrogens (primary N) is 1. The molecule has 0 fully saturated rings. The molecule has 15 heteroatoms.